The first-order chi connectivity index (χ1) is 11.5. The first-order valence-electron chi connectivity index (χ1n) is 7.47. The summed E-state index contributed by atoms with van der Waals surface area (Å²) in [6.45, 7) is 4.42. The van der Waals surface area contributed by atoms with Gasteiger partial charge in [0, 0.05) is 16.2 Å². The zero-order valence-electron chi connectivity index (χ0n) is 13.5. The van der Waals surface area contributed by atoms with Gasteiger partial charge in [-0.1, -0.05) is 28.0 Å². The molecule has 2 rings (SSSR count). The highest BCUT2D eigenvalue weighted by Gasteiger charge is 2.14. The van der Waals surface area contributed by atoms with Gasteiger partial charge >= 0.3 is 0 Å². The van der Waals surface area contributed by atoms with Gasteiger partial charge in [0.15, 0.2) is 5.82 Å². The Morgan fingerprint density at radius 3 is 2.33 bits per heavy atom. The van der Waals surface area contributed by atoms with E-state index in [0.717, 1.165) is 4.47 Å². The fraction of sp³-hybridized carbons (Fsp3) is 0.312. The highest BCUT2D eigenvalue weighted by Crippen LogP contribution is 2.14. The van der Waals surface area contributed by atoms with Crippen molar-refractivity contribution < 1.29 is 14.1 Å². The molecule has 2 amide bonds. The van der Waals surface area contributed by atoms with Crippen molar-refractivity contribution in [1.82, 2.24) is 10.1 Å². The molecule has 1 aromatic carbocycles. The van der Waals surface area contributed by atoms with Crippen LogP contribution in [0.3, 0.4) is 0 Å². The monoisotopic (exact) mass is 394 g/mol. The zero-order valence-corrected chi connectivity index (χ0v) is 15.1. The number of carbonyl (C=O) groups excluding carboxylic acids is 2. The van der Waals surface area contributed by atoms with Crippen LogP contribution in [-0.2, 0) is 9.59 Å². The van der Waals surface area contributed by atoms with Crippen molar-refractivity contribution in [3.05, 3.63) is 40.6 Å². The van der Waals surface area contributed by atoms with Crippen LogP contribution in [0.5, 0.6) is 0 Å². The summed E-state index contributed by atoms with van der Waals surface area (Å²) in [6, 6.07) is 8.94. The average molecular weight is 395 g/mol. The lowest BCUT2D eigenvalue weighted by Crippen LogP contribution is -2.38. The predicted molar refractivity (Wildman–Crippen MR) is 94.8 cm³/mol. The normalized spacial score (nSPS) is 10.7. The number of halogens is 1. The number of anilines is 2. The van der Waals surface area contributed by atoms with E-state index in [2.05, 4.69) is 31.7 Å². The van der Waals surface area contributed by atoms with E-state index < -0.39 is 0 Å². The summed E-state index contributed by atoms with van der Waals surface area (Å²) in [5.74, 6) is 0.560. The van der Waals surface area contributed by atoms with Gasteiger partial charge in [-0.25, -0.2) is 0 Å². The second-order valence-corrected chi connectivity index (χ2v) is 6.14. The molecular weight excluding hydrogens is 376 g/mol. The summed E-state index contributed by atoms with van der Waals surface area (Å²) in [5.41, 5.74) is 0.710. The van der Waals surface area contributed by atoms with Gasteiger partial charge in [-0.2, -0.15) is 0 Å². The molecule has 0 saturated heterocycles. The minimum absolute atomic E-state index is 0.0934. The van der Waals surface area contributed by atoms with E-state index in [1.807, 2.05) is 19.1 Å². The number of nitrogens with one attached hydrogen (secondary N) is 2. The summed E-state index contributed by atoms with van der Waals surface area (Å²) in [4.78, 5) is 25.8. The predicted octanol–water partition coefficient (Wildman–Crippen LogP) is 2.64. The lowest BCUT2D eigenvalue weighted by atomic mass is 10.3. The highest BCUT2D eigenvalue weighted by atomic mass is 79.9. The fourth-order valence-electron chi connectivity index (χ4n) is 2.03. The number of hydrogen-bond acceptors (Lipinski definition) is 5. The number of aromatic nitrogens is 1. The summed E-state index contributed by atoms with van der Waals surface area (Å²) in [6.07, 6.45) is 0. The molecule has 0 unspecified atom stereocenters. The average Bonchev–Trinajstić information content (AvgIpc) is 2.93. The molecule has 24 heavy (non-hydrogen) atoms. The summed E-state index contributed by atoms with van der Waals surface area (Å²) < 4.78 is 5.83. The smallest absolute Gasteiger partial charge is 0.239 e. The van der Waals surface area contributed by atoms with Crippen LogP contribution in [-0.4, -0.2) is 41.5 Å². The van der Waals surface area contributed by atoms with E-state index in [1.165, 1.54) is 0 Å². The Bertz CT molecular complexity index is 700. The minimum Gasteiger partial charge on any atom is -0.360 e. The van der Waals surface area contributed by atoms with Crippen LogP contribution in [0.1, 0.15) is 12.7 Å². The van der Waals surface area contributed by atoms with E-state index in [4.69, 9.17) is 4.52 Å². The second-order valence-electron chi connectivity index (χ2n) is 5.23. The topological polar surface area (TPSA) is 87.5 Å². The highest BCUT2D eigenvalue weighted by molar-refractivity contribution is 9.10. The van der Waals surface area contributed by atoms with Crippen LogP contribution in [0.15, 0.2) is 39.3 Å². The van der Waals surface area contributed by atoms with Crippen LogP contribution < -0.4 is 10.6 Å². The van der Waals surface area contributed by atoms with Crippen molar-refractivity contribution in [2.24, 2.45) is 0 Å². The number of likely N-dealkylation sites (N-methyl/N-ethyl adjacent to an activating group) is 1. The first kappa shape index (κ1) is 18.2. The van der Waals surface area contributed by atoms with Crippen LogP contribution in [0.2, 0.25) is 0 Å². The molecule has 0 aliphatic heterocycles. The lowest BCUT2D eigenvalue weighted by Gasteiger charge is -2.19. The molecule has 0 fully saturated rings. The van der Waals surface area contributed by atoms with Crippen molar-refractivity contribution >= 4 is 39.2 Å². The molecule has 1 heterocycles. The maximum Gasteiger partial charge on any atom is 0.239 e. The van der Waals surface area contributed by atoms with Crippen LogP contribution in [0.25, 0.3) is 0 Å². The molecule has 0 aliphatic carbocycles. The third kappa shape index (κ3) is 5.78. The third-order valence-electron chi connectivity index (χ3n) is 3.21. The van der Waals surface area contributed by atoms with Gasteiger partial charge in [0.05, 0.1) is 13.1 Å². The fourth-order valence-corrected chi connectivity index (χ4v) is 2.29. The van der Waals surface area contributed by atoms with Crippen molar-refractivity contribution in [1.29, 1.82) is 0 Å². The van der Waals surface area contributed by atoms with Crippen molar-refractivity contribution in [2.45, 2.75) is 13.8 Å². The molecule has 1 aromatic heterocycles. The number of nitrogens with zero attached hydrogens (tertiary/aromatic N) is 2. The first-order valence-corrected chi connectivity index (χ1v) is 8.26. The van der Waals surface area contributed by atoms with Crippen LogP contribution in [0.4, 0.5) is 11.5 Å². The molecular formula is C16H19BrN4O3. The van der Waals surface area contributed by atoms with Crippen molar-refractivity contribution in [2.75, 3.05) is 30.3 Å². The quantitative estimate of drug-likeness (QED) is 0.753. The third-order valence-corrected chi connectivity index (χ3v) is 3.73. The molecule has 2 aromatic rings. The van der Waals surface area contributed by atoms with Crippen molar-refractivity contribution in [3.63, 3.8) is 0 Å². The molecule has 0 atom stereocenters. The van der Waals surface area contributed by atoms with Gasteiger partial charge in [-0.3, -0.25) is 14.5 Å². The number of hydrogen-bond donors (Lipinski definition) is 2. The number of amides is 2. The van der Waals surface area contributed by atoms with Gasteiger partial charge in [0.2, 0.25) is 11.8 Å². The van der Waals surface area contributed by atoms with E-state index in [-0.39, 0.29) is 24.9 Å². The van der Waals surface area contributed by atoms with Gasteiger partial charge in [-0.15, -0.1) is 0 Å². The summed E-state index contributed by atoms with van der Waals surface area (Å²) >= 11 is 3.34. The Hall–Kier alpha value is -2.19. The maximum atomic E-state index is 12.1. The van der Waals surface area contributed by atoms with E-state index in [9.17, 15) is 9.59 Å². The molecule has 8 heteroatoms. The minimum atomic E-state index is -0.249. The van der Waals surface area contributed by atoms with E-state index in [0.29, 0.717) is 23.8 Å². The Morgan fingerprint density at radius 2 is 1.79 bits per heavy atom. The second kappa shape index (κ2) is 8.60. The van der Waals surface area contributed by atoms with E-state index in [1.54, 1.807) is 30.0 Å². The van der Waals surface area contributed by atoms with Gasteiger partial charge in [0.1, 0.15) is 5.76 Å². The van der Waals surface area contributed by atoms with Crippen molar-refractivity contribution in [3.8, 4) is 0 Å². The van der Waals surface area contributed by atoms with Gasteiger partial charge < -0.3 is 15.2 Å². The van der Waals surface area contributed by atoms with Gasteiger partial charge in [0.25, 0.3) is 0 Å². The Labute approximate surface area is 148 Å². The van der Waals surface area contributed by atoms with E-state index >= 15 is 0 Å². The number of rotatable bonds is 7. The lowest BCUT2D eigenvalue weighted by molar-refractivity contribution is -0.119. The maximum absolute atomic E-state index is 12.1. The molecule has 0 spiro atoms. The molecule has 0 saturated carbocycles. The number of carbonyl (C=O) groups is 2. The number of benzene rings is 1. The zero-order chi connectivity index (χ0) is 17.5. The van der Waals surface area contributed by atoms with Crippen LogP contribution in [0, 0.1) is 6.92 Å². The Morgan fingerprint density at radius 1 is 1.17 bits per heavy atom. The molecule has 7 nitrogen and oxygen atoms in total. The molecule has 0 aliphatic rings. The molecule has 0 bridgehead atoms. The molecule has 0 radical (unpaired) electrons. The molecule has 2 N–H and O–H groups in total. The SMILES string of the molecule is CCN(CC(=O)Nc1ccc(Br)cc1)CC(=O)Nc1cc(C)on1. The standard InChI is InChI=1S/C16H19BrN4O3/c1-3-21(10-16(23)19-14-8-11(2)24-20-14)9-15(22)18-13-6-4-12(17)5-7-13/h4-8H,3,9-10H2,1-2H3,(H,18,22)(H,19,20,23). The Balaban J connectivity index is 1.83. The van der Waals surface area contributed by atoms with Gasteiger partial charge in [-0.05, 0) is 37.7 Å². The number of aryl methyl sites for hydroxylation is 1. The molecule has 128 valence electrons. The summed E-state index contributed by atoms with van der Waals surface area (Å²) in [5, 5.41) is 9.14. The summed E-state index contributed by atoms with van der Waals surface area (Å²) in [7, 11) is 0. The van der Waals surface area contributed by atoms with Crippen LogP contribution >= 0.6 is 15.9 Å². The largest absolute Gasteiger partial charge is 0.360 e. The Kier molecular flexibility index (Phi) is 6.51.